The lowest BCUT2D eigenvalue weighted by molar-refractivity contribution is -0.144. The highest BCUT2D eigenvalue weighted by molar-refractivity contribution is 6.18. The summed E-state index contributed by atoms with van der Waals surface area (Å²) < 4.78 is 53.8. The minimum Gasteiger partial charge on any atom is -0.465 e. The predicted octanol–water partition coefficient (Wildman–Crippen LogP) is 4.00. The number of hydrogen-bond acceptors (Lipinski definition) is 7. The van der Waals surface area contributed by atoms with Gasteiger partial charge in [0.05, 0.1) is 29.9 Å². The molecule has 1 amide bonds. The lowest BCUT2D eigenvalue weighted by atomic mass is 9.97. The van der Waals surface area contributed by atoms with E-state index in [1.165, 1.54) is 6.92 Å². The predicted molar refractivity (Wildman–Crippen MR) is 130 cm³/mol. The molecule has 1 aromatic rings. The lowest BCUT2D eigenvalue weighted by Crippen LogP contribution is -2.44. The van der Waals surface area contributed by atoms with E-state index in [0.29, 0.717) is 6.54 Å². The number of ketones is 1. The normalized spacial score (nSPS) is 24.7. The second-order valence-corrected chi connectivity index (χ2v) is 10.9. The van der Waals surface area contributed by atoms with E-state index in [0.717, 1.165) is 31.2 Å². The van der Waals surface area contributed by atoms with Crippen LogP contribution in [0.2, 0.25) is 0 Å². The molecule has 1 heterocycles. The Labute approximate surface area is 213 Å². The van der Waals surface area contributed by atoms with Crippen LogP contribution in [-0.4, -0.2) is 67.6 Å². The molecule has 1 saturated heterocycles. The van der Waals surface area contributed by atoms with Gasteiger partial charge in [0.1, 0.15) is 23.4 Å². The minimum absolute atomic E-state index is 0.0311. The number of alkyl halides is 1. The molecule has 4 rings (SSSR count). The van der Waals surface area contributed by atoms with Crippen LogP contribution in [-0.2, 0) is 14.3 Å². The number of nitrogens with zero attached hydrogens (tertiary/aromatic N) is 2. The van der Waals surface area contributed by atoms with Gasteiger partial charge in [-0.2, -0.15) is 0 Å². The fraction of sp³-hybridized carbons (Fsp3) is 0.615. The molecule has 0 aromatic heterocycles. The van der Waals surface area contributed by atoms with Crippen molar-refractivity contribution in [1.29, 1.82) is 0 Å². The number of benzene rings is 1. The molecule has 1 aliphatic heterocycles. The molecule has 37 heavy (non-hydrogen) atoms. The Kier molecular flexibility index (Phi) is 7.27. The monoisotopic (exact) mass is 523 g/mol. The standard InChI is InChI=1S/C26H32F3N3O5/c1-5-36-23(34)15(11-30-19-9-17(19)28)22(33)14-8-18(29)20(10-16(14)27)32-12-21(26(13-32)6-7-26)31-24(35)37-25(2,3)4/h8,10-11,15,17,19,21H,5-7,9,12-13H2,1-4H3,(H,31,35)/t15?,17-,19+,21+/m0/s1. The van der Waals surface area contributed by atoms with E-state index in [1.54, 1.807) is 25.7 Å². The van der Waals surface area contributed by atoms with Crippen LogP contribution in [0.1, 0.15) is 57.3 Å². The first-order valence-electron chi connectivity index (χ1n) is 12.5. The van der Waals surface area contributed by atoms with Crippen LogP contribution in [0.5, 0.6) is 0 Å². The molecular weight excluding hydrogens is 491 g/mol. The van der Waals surface area contributed by atoms with E-state index in [-0.39, 0.29) is 36.7 Å². The average Bonchev–Trinajstić information content (AvgIpc) is 3.68. The third kappa shape index (κ3) is 6.07. The quantitative estimate of drug-likeness (QED) is 0.240. The Morgan fingerprint density at radius 1 is 1.24 bits per heavy atom. The largest absolute Gasteiger partial charge is 0.465 e. The molecular formula is C26H32F3N3O5. The number of amides is 1. The molecule has 1 spiro atoms. The molecule has 1 unspecified atom stereocenters. The van der Waals surface area contributed by atoms with Crippen molar-refractivity contribution in [3.05, 3.63) is 29.3 Å². The third-order valence-electron chi connectivity index (χ3n) is 6.80. The van der Waals surface area contributed by atoms with E-state index in [9.17, 15) is 18.8 Å². The SMILES string of the molecule is CCOC(=O)C(C=N[C@@H]1C[C@@H]1F)C(=O)c1cc(F)c(N2C[C@@H](NC(=O)OC(C)(C)C)C3(CC3)C2)cc1F. The van der Waals surface area contributed by atoms with Gasteiger partial charge in [-0.05, 0) is 46.6 Å². The van der Waals surface area contributed by atoms with Crippen LogP contribution in [0, 0.1) is 23.0 Å². The van der Waals surface area contributed by atoms with Gasteiger partial charge in [0.15, 0.2) is 11.7 Å². The van der Waals surface area contributed by atoms with Gasteiger partial charge in [-0.25, -0.2) is 18.0 Å². The minimum atomic E-state index is -1.61. The zero-order valence-electron chi connectivity index (χ0n) is 21.4. The molecule has 8 nitrogen and oxygen atoms in total. The Bertz CT molecular complexity index is 1120. The highest BCUT2D eigenvalue weighted by Gasteiger charge is 2.56. The molecule has 2 aliphatic carbocycles. The van der Waals surface area contributed by atoms with Crippen molar-refractivity contribution in [2.45, 2.75) is 70.8 Å². The Hall–Kier alpha value is -3.11. The molecule has 2 saturated carbocycles. The second-order valence-electron chi connectivity index (χ2n) is 10.9. The van der Waals surface area contributed by atoms with Crippen LogP contribution in [0.15, 0.2) is 17.1 Å². The summed E-state index contributed by atoms with van der Waals surface area (Å²) in [6.45, 7) is 7.42. The van der Waals surface area contributed by atoms with Crippen LogP contribution in [0.25, 0.3) is 0 Å². The van der Waals surface area contributed by atoms with Gasteiger partial charge >= 0.3 is 12.1 Å². The maximum atomic E-state index is 15.2. The van der Waals surface area contributed by atoms with Crippen molar-refractivity contribution < 1.29 is 37.0 Å². The molecule has 11 heteroatoms. The van der Waals surface area contributed by atoms with Crippen LogP contribution in [0.4, 0.5) is 23.7 Å². The fourth-order valence-corrected chi connectivity index (χ4v) is 4.57. The molecule has 0 radical (unpaired) electrons. The first-order chi connectivity index (χ1) is 17.3. The van der Waals surface area contributed by atoms with E-state index < -0.39 is 58.8 Å². The third-order valence-corrected chi connectivity index (χ3v) is 6.80. The summed E-state index contributed by atoms with van der Waals surface area (Å²) >= 11 is 0. The maximum Gasteiger partial charge on any atom is 0.407 e. The van der Waals surface area contributed by atoms with Gasteiger partial charge in [0.2, 0.25) is 0 Å². The number of esters is 1. The van der Waals surface area contributed by atoms with Crippen molar-refractivity contribution in [3.8, 4) is 0 Å². The van der Waals surface area contributed by atoms with Crippen molar-refractivity contribution >= 4 is 29.7 Å². The summed E-state index contributed by atoms with van der Waals surface area (Å²) in [6.07, 6.45) is 1.07. The lowest BCUT2D eigenvalue weighted by Gasteiger charge is -2.24. The summed E-state index contributed by atoms with van der Waals surface area (Å²) in [4.78, 5) is 43.2. The van der Waals surface area contributed by atoms with Crippen LogP contribution >= 0.6 is 0 Å². The molecule has 3 aliphatic rings. The fourth-order valence-electron chi connectivity index (χ4n) is 4.57. The molecule has 3 fully saturated rings. The van der Waals surface area contributed by atoms with Gasteiger partial charge in [0, 0.05) is 37.2 Å². The van der Waals surface area contributed by atoms with Crippen molar-refractivity contribution in [3.63, 3.8) is 0 Å². The van der Waals surface area contributed by atoms with E-state index >= 15 is 8.78 Å². The summed E-state index contributed by atoms with van der Waals surface area (Å²) in [5, 5.41) is 2.86. The van der Waals surface area contributed by atoms with Crippen molar-refractivity contribution in [2.75, 3.05) is 24.6 Å². The Morgan fingerprint density at radius 3 is 2.49 bits per heavy atom. The summed E-state index contributed by atoms with van der Waals surface area (Å²) in [7, 11) is 0. The van der Waals surface area contributed by atoms with Crippen molar-refractivity contribution in [2.24, 2.45) is 16.3 Å². The number of carbonyl (C=O) groups excluding carboxylic acids is 3. The van der Waals surface area contributed by atoms with Crippen LogP contribution < -0.4 is 10.2 Å². The highest BCUT2D eigenvalue weighted by Crippen LogP contribution is 2.53. The number of hydrogen-bond donors (Lipinski definition) is 1. The zero-order valence-corrected chi connectivity index (χ0v) is 21.4. The summed E-state index contributed by atoms with van der Waals surface area (Å²) in [5.74, 6) is -5.46. The van der Waals surface area contributed by atoms with Gasteiger partial charge in [-0.1, -0.05) is 0 Å². The number of aliphatic imine (C=N–C) groups is 1. The number of anilines is 1. The smallest absolute Gasteiger partial charge is 0.407 e. The maximum absolute atomic E-state index is 15.2. The summed E-state index contributed by atoms with van der Waals surface area (Å²) in [6, 6.07) is 0.723. The van der Waals surface area contributed by atoms with E-state index in [2.05, 4.69) is 10.3 Å². The first kappa shape index (κ1) is 26.9. The molecule has 1 aromatic carbocycles. The Balaban J connectivity index is 1.52. The molecule has 4 atom stereocenters. The Morgan fingerprint density at radius 2 is 1.92 bits per heavy atom. The number of carbonyl (C=O) groups is 3. The number of rotatable bonds is 8. The van der Waals surface area contributed by atoms with E-state index in [4.69, 9.17) is 9.47 Å². The van der Waals surface area contributed by atoms with Gasteiger partial charge in [-0.3, -0.25) is 14.6 Å². The number of nitrogens with one attached hydrogen (secondary N) is 1. The second kappa shape index (κ2) is 9.98. The zero-order chi connectivity index (χ0) is 27.1. The number of ether oxygens (including phenoxy) is 2. The highest BCUT2D eigenvalue weighted by atomic mass is 19.1. The number of alkyl carbamates (subject to hydrolysis) is 1. The topological polar surface area (TPSA) is 97.3 Å². The summed E-state index contributed by atoms with van der Waals surface area (Å²) in [5.41, 5.74) is -1.60. The first-order valence-corrected chi connectivity index (χ1v) is 12.5. The van der Waals surface area contributed by atoms with Gasteiger partial charge in [0.25, 0.3) is 0 Å². The number of Topliss-reactive ketones (excluding diaryl/α,β-unsaturated/α-hetero) is 1. The van der Waals surface area contributed by atoms with Crippen molar-refractivity contribution in [1.82, 2.24) is 5.32 Å². The molecule has 202 valence electrons. The number of halogens is 3. The van der Waals surface area contributed by atoms with E-state index in [1.807, 2.05) is 0 Å². The average molecular weight is 524 g/mol. The molecule has 1 N–H and O–H groups in total. The van der Waals surface area contributed by atoms with Crippen LogP contribution in [0.3, 0.4) is 0 Å². The van der Waals surface area contributed by atoms with Gasteiger partial charge in [-0.15, -0.1) is 0 Å². The van der Waals surface area contributed by atoms with Gasteiger partial charge < -0.3 is 19.7 Å². The molecule has 0 bridgehead atoms.